The smallest absolute Gasteiger partial charge is 0.244 e. The van der Waals surface area contributed by atoms with Gasteiger partial charge in [0, 0.05) is 22.8 Å². The van der Waals surface area contributed by atoms with E-state index in [1.165, 1.54) is 6.92 Å². The third-order valence-corrected chi connectivity index (χ3v) is 3.94. The van der Waals surface area contributed by atoms with Crippen LogP contribution in [0.4, 0.5) is 17.5 Å². The van der Waals surface area contributed by atoms with E-state index in [0.717, 1.165) is 22.7 Å². The molecule has 1 heterocycles. The summed E-state index contributed by atoms with van der Waals surface area (Å²) in [6.07, 6.45) is 2.34. The molecule has 2 aromatic carbocycles. The number of aromatic nitrogens is 3. The van der Waals surface area contributed by atoms with Crippen LogP contribution in [-0.2, 0) is 6.42 Å². The van der Waals surface area contributed by atoms with Crippen molar-refractivity contribution in [1.29, 1.82) is 0 Å². The lowest BCUT2D eigenvalue weighted by Gasteiger charge is -2.08. The molecule has 0 unspecified atom stereocenters. The molecule has 0 aliphatic heterocycles. The maximum atomic E-state index is 11.3. The maximum Gasteiger partial charge on any atom is 0.244 e. The number of hydrogen-bond donors (Lipinski definition) is 2. The second kappa shape index (κ2) is 8.40. The summed E-state index contributed by atoms with van der Waals surface area (Å²) in [6.45, 7) is 2.21. The topological polar surface area (TPSA) is 79.8 Å². The zero-order valence-corrected chi connectivity index (χ0v) is 15.0. The summed E-state index contributed by atoms with van der Waals surface area (Å²) in [5.74, 6) is 1.05. The quantitative estimate of drug-likeness (QED) is 0.611. The zero-order chi connectivity index (χ0) is 18.4. The molecule has 0 spiro atoms. The molecular weight excluding hydrogens is 350 g/mol. The number of halogens is 1. The van der Waals surface area contributed by atoms with Crippen molar-refractivity contribution in [3.05, 3.63) is 70.9 Å². The molecule has 7 heteroatoms. The van der Waals surface area contributed by atoms with E-state index in [1.54, 1.807) is 18.3 Å². The number of hydrogen-bond acceptors (Lipinski definition) is 6. The number of nitrogens with zero attached hydrogens (tertiary/aromatic N) is 3. The average Bonchev–Trinajstić information content (AvgIpc) is 2.63. The van der Waals surface area contributed by atoms with Crippen LogP contribution in [0.1, 0.15) is 22.8 Å². The summed E-state index contributed by atoms with van der Waals surface area (Å²) < 4.78 is 0. The molecule has 2 N–H and O–H groups in total. The molecule has 0 aliphatic carbocycles. The highest BCUT2D eigenvalue weighted by molar-refractivity contribution is 6.30. The maximum absolute atomic E-state index is 11.3. The first-order valence-electron chi connectivity index (χ1n) is 8.16. The molecule has 0 radical (unpaired) electrons. The van der Waals surface area contributed by atoms with Gasteiger partial charge in [-0.1, -0.05) is 23.7 Å². The van der Waals surface area contributed by atoms with Gasteiger partial charge in [0.05, 0.1) is 6.20 Å². The molecule has 3 aromatic rings. The first-order chi connectivity index (χ1) is 12.6. The van der Waals surface area contributed by atoms with E-state index in [4.69, 9.17) is 11.6 Å². The van der Waals surface area contributed by atoms with Gasteiger partial charge in [0.2, 0.25) is 5.95 Å². The molecule has 0 saturated heterocycles. The lowest BCUT2D eigenvalue weighted by molar-refractivity contribution is 0.101. The van der Waals surface area contributed by atoms with E-state index in [2.05, 4.69) is 25.8 Å². The zero-order valence-electron chi connectivity index (χ0n) is 14.2. The van der Waals surface area contributed by atoms with E-state index >= 15 is 0 Å². The highest BCUT2D eigenvalue weighted by Crippen LogP contribution is 2.16. The number of ketones is 1. The van der Waals surface area contributed by atoms with Crippen LogP contribution in [-0.4, -0.2) is 27.5 Å². The Bertz CT molecular complexity index is 898. The van der Waals surface area contributed by atoms with Gasteiger partial charge in [0.15, 0.2) is 11.6 Å². The standard InChI is InChI=1S/C19H18ClN5O/c1-13(26)15-5-7-17(8-6-15)23-18-12-22-25-19(24-18)21-10-9-14-3-2-4-16(20)11-14/h2-8,11-12H,9-10H2,1H3,(H2,21,23,24,25). The summed E-state index contributed by atoms with van der Waals surface area (Å²) in [6, 6.07) is 14.9. The lowest BCUT2D eigenvalue weighted by Crippen LogP contribution is -2.09. The van der Waals surface area contributed by atoms with Crippen LogP contribution in [0.5, 0.6) is 0 Å². The average molecular weight is 368 g/mol. The minimum absolute atomic E-state index is 0.0337. The van der Waals surface area contributed by atoms with Gasteiger partial charge in [-0.3, -0.25) is 4.79 Å². The molecular formula is C19H18ClN5O. The van der Waals surface area contributed by atoms with Crippen LogP contribution in [0, 0.1) is 0 Å². The van der Waals surface area contributed by atoms with Gasteiger partial charge < -0.3 is 10.6 Å². The minimum atomic E-state index is 0.0337. The van der Waals surface area contributed by atoms with Crippen LogP contribution in [0.25, 0.3) is 0 Å². The Labute approximate surface area is 156 Å². The Hall–Kier alpha value is -2.99. The van der Waals surface area contributed by atoms with Gasteiger partial charge in [-0.2, -0.15) is 10.1 Å². The van der Waals surface area contributed by atoms with Crippen molar-refractivity contribution in [1.82, 2.24) is 15.2 Å². The number of carbonyl (C=O) groups excluding carboxylic acids is 1. The Morgan fingerprint density at radius 2 is 1.96 bits per heavy atom. The largest absolute Gasteiger partial charge is 0.353 e. The number of nitrogens with one attached hydrogen (secondary N) is 2. The molecule has 6 nitrogen and oxygen atoms in total. The highest BCUT2D eigenvalue weighted by atomic mass is 35.5. The molecule has 0 bridgehead atoms. The van der Waals surface area contributed by atoms with E-state index in [9.17, 15) is 4.79 Å². The SMILES string of the molecule is CC(=O)c1ccc(Nc2cnnc(NCCc3cccc(Cl)c3)n2)cc1. The van der Waals surface area contributed by atoms with Crippen molar-refractivity contribution >= 4 is 34.8 Å². The Morgan fingerprint density at radius 3 is 2.69 bits per heavy atom. The van der Waals surface area contributed by atoms with E-state index in [1.807, 2.05) is 36.4 Å². The van der Waals surface area contributed by atoms with Crippen molar-refractivity contribution in [3.8, 4) is 0 Å². The molecule has 0 aliphatic rings. The Morgan fingerprint density at radius 1 is 1.15 bits per heavy atom. The first-order valence-corrected chi connectivity index (χ1v) is 8.54. The fourth-order valence-corrected chi connectivity index (χ4v) is 2.60. The second-order valence-corrected chi connectivity index (χ2v) is 6.17. The molecule has 26 heavy (non-hydrogen) atoms. The first kappa shape index (κ1) is 17.8. The Balaban J connectivity index is 1.58. The van der Waals surface area contributed by atoms with Crippen LogP contribution < -0.4 is 10.6 Å². The normalized spacial score (nSPS) is 10.4. The predicted molar refractivity (Wildman–Crippen MR) is 103 cm³/mol. The summed E-state index contributed by atoms with van der Waals surface area (Å²) in [5.41, 5.74) is 2.62. The Kier molecular flexibility index (Phi) is 5.76. The lowest BCUT2D eigenvalue weighted by atomic mass is 10.1. The number of Topliss-reactive ketones (excluding diaryl/α,β-unsaturated/α-hetero) is 1. The summed E-state index contributed by atoms with van der Waals surface area (Å²) in [7, 11) is 0. The summed E-state index contributed by atoms with van der Waals surface area (Å²) in [5, 5.41) is 15.0. The number of anilines is 3. The molecule has 0 saturated carbocycles. The van der Waals surface area contributed by atoms with Crippen LogP contribution in [0.3, 0.4) is 0 Å². The minimum Gasteiger partial charge on any atom is -0.353 e. The molecule has 3 rings (SSSR count). The molecule has 132 valence electrons. The second-order valence-electron chi connectivity index (χ2n) is 5.73. The van der Waals surface area contributed by atoms with Crippen LogP contribution >= 0.6 is 11.6 Å². The van der Waals surface area contributed by atoms with Gasteiger partial charge in [-0.05, 0) is 55.3 Å². The summed E-state index contributed by atoms with van der Waals surface area (Å²) in [4.78, 5) is 15.7. The van der Waals surface area contributed by atoms with Gasteiger partial charge in [0.1, 0.15) is 0 Å². The van der Waals surface area contributed by atoms with Gasteiger partial charge in [-0.15, -0.1) is 5.10 Å². The van der Waals surface area contributed by atoms with Crippen molar-refractivity contribution in [2.75, 3.05) is 17.2 Å². The molecule has 0 amide bonds. The van der Waals surface area contributed by atoms with Gasteiger partial charge in [0.25, 0.3) is 0 Å². The van der Waals surface area contributed by atoms with E-state index in [-0.39, 0.29) is 5.78 Å². The number of rotatable bonds is 7. The number of benzene rings is 2. The van der Waals surface area contributed by atoms with Crippen molar-refractivity contribution < 1.29 is 4.79 Å². The highest BCUT2D eigenvalue weighted by Gasteiger charge is 2.03. The number of carbonyl (C=O) groups is 1. The van der Waals surface area contributed by atoms with Gasteiger partial charge >= 0.3 is 0 Å². The van der Waals surface area contributed by atoms with E-state index < -0.39 is 0 Å². The third kappa shape index (κ3) is 5.00. The van der Waals surface area contributed by atoms with Gasteiger partial charge in [-0.25, -0.2) is 0 Å². The monoisotopic (exact) mass is 367 g/mol. The fraction of sp³-hybridized carbons (Fsp3) is 0.158. The van der Waals surface area contributed by atoms with Crippen molar-refractivity contribution in [2.45, 2.75) is 13.3 Å². The van der Waals surface area contributed by atoms with Crippen molar-refractivity contribution in [3.63, 3.8) is 0 Å². The third-order valence-electron chi connectivity index (χ3n) is 3.71. The molecule has 0 fully saturated rings. The van der Waals surface area contributed by atoms with E-state index in [0.29, 0.717) is 23.9 Å². The molecule has 0 atom stereocenters. The fourth-order valence-electron chi connectivity index (χ4n) is 2.39. The molecule has 1 aromatic heterocycles. The summed E-state index contributed by atoms with van der Waals surface area (Å²) >= 11 is 5.98. The van der Waals surface area contributed by atoms with Crippen LogP contribution in [0.2, 0.25) is 5.02 Å². The van der Waals surface area contributed by atoms with Crippen molar-refractivity contribution in [2.24, 2.45) is 0 Å². The predicted octanol–water partition coefficient (Wildman–Crippen LogP) is 4.13. The van der Waals surface area contributed by atoms with Crippen LogP contribution in [0.15, 0.2) is 54.7 Å².